The van der Waals surface area contributed by atoms with E-state index in [2.05, 4.69) is 43.7 Å². The van der Waals surface area contributed by atoms with Crippen molar-refractivity contribution >= 4 is 16.8 Å². The van der Waals surface area contributed by atoms with E-state index in [1.807, 2.05) is 38.1 Å². The Hall–Kier alpha value is -2.62. The predicted octanol–water partition coefficient (Wildman–Crippen LogP) is 8.93. The second-order valence-corrected chi connectivity index (χ2v) is 9.19. The topological polar surface area (TPSA) is 66.0 Å². The van der Waals surface area contributed by atoms with E-state index >= 15 is 0 Å². The number of benzene rings is 2. The number of carbonyl (C=O) groups is 1. The van der Waals surface area contributed by atoms with Crippen molar-refractivity contribution in [3.63, 3.8) is 0 Å². The van der Waals surface area contributed by atoms with Gasteiger partial charge in [-0.05, 0) is 63.4 Å². The molecule has 4 heteroatoms. The van der Waals surface area contributed by atoms with E-state index in [1.165, 1.54) is 44.1 Å². The summed E-state index contributed by atoms with van der Waals surface area (Å²) in [6, 6.07) is 11.6. The van der Waals surface area contributed by atoms with Gasteiger partial charge in [0.25, 0.3) is 0 Å². The number of carbonyl (C=O) groups excluding carboxylic acids is 1. The zero-order chi connectivity index (χ0) is 25.5. The minimum Gasteiger partial charge on any atom is -0.507 e. The van der Waals surface area contributed by atoms with Gasteiger partial charge in [0.05, 0.1) is 16.6 Å². The fourth-order valence-corrected chi connectivity index (χ4v) is 3.74. The van der Waals surface area contributed by atoms with Gasteiger partial charge in [-0.15, -0.1) is 0 Å². The summed E-state index contributed by atoms with van der Waals surface area (Å²) in [6.45, 7) is 14.4. The molecule has 1 aromatic heterocycles. The van der Waals surface area contributed by atoms with E-state index in [4.69, 9.17) is 0 Å². The van der Waals surface area contributed by atoms with Crippen LogP contribution in [0.4, 0.5) is 0 Å². The van der Waals surface area contributed by atoms with Gasteiger partial charge in [-0.2, -0.15) is 0 Å². The number of unbranched alkanes of at least 4 members (excludes halogenated alkanes) is 4. The summed E-state index contributed by atoms with van der Waals surface area (Å²) >= 11 is 0. The maximum atomic E-state index is 10.9. The molecular formula is C30H46N2O2. The molecule has 0 aliphatic carbocycles. The molecule has 0 fully saturated rings. The summed E-state index contributed by atoms with van der Waals surface area (Å²) in [4.78, 5) is 18.6. The predicted molar refractivity (Wildman–Crippen MR) is 146 cm³/mol. The van der Waals surface area contributed by atoms with Crippen molar-refractivity contribution in [1.82, 2.24) is 9.97 Å². The average Bonchev–Trinajstić information content (AvgIpc) is 3.23. The Morgan fingerprint density at radius 1 is 0.912 bits per heavy atom. The molecule has 4 nitrogen and oxygen atoms in total. The molecule has 1 heterocycles. The standard InChI is InChI=1S/C15H14N2O.C9H18O.C6H14/c1-9-4-6-14(18)11(7-9)15-16-12-5-3-10(2)8-13(12)17-15;1-4-6-7-9(5-2)8(3)10;1-3-5-6-4-2/h3-8,18H,1-2H3,(H,16,17);9H,4-7H2,1-3H3;3-6H2,1-2H3/t;9-;/m.0./s1. The monoisotopic (exact) mass is 466 g/mol. The molecule has 0 saturated heterocycles. The Morgan fingerprint density at radius 2 is 1.50 bits per heavy atom. The van der Waals surface area contributed by atoms with Crippen LogP contribution in [-0.2, 0) is 4.79 Å². The number of H-pyrrole nitrogens is 1. The van der Waals surface area contributed by atoms with Gasteiger partial charge < -0.3 is 10.1 Å². The van der Waals surface area contributed by atoms with Gasteiger partial charge in [0.2, 0.25) is 0 Å². The number of aromatic nitrogens is 2. The first kappa shape index (κ1) is 29.4. The summed E-state index contributed by atoms with van der Waals surface area (Å²) in [5, 5.41) is 9.91. The van der Waals surface area contributed by atoms with Crippen molar-refractivity contribution in [2.24, 2.45) is 5.92 Å². The molecular weight excluding hydrogens is 420 g/mol. The highest BCUT2D eigenvalue weighted by atomic mass is 16.3. The minimum absolute atomic E-state index is 0.247. The van der Waals surface area contributed by atoms with Crippen LogP contribution in [0.2, 0.25) is 0 Å². The lowest BCUT2D eigenvalue weighted by Crippen LogP contribution is -2.08. The SMILES string of the molecule is CCCCCC.CCCC[C@H](CC)C(C)=O.Cc1ccc(O)c(-c2nc3ccc(C)cc3[nH]2)c1. The summed E-state index contributed by atoms with van der Waals surface area (Å²) in [5.74, 6) is 1.64. The zero-order valence-corrected chi connectivity index (χ0v) is 22.5. The van der Waals surface area contributed by atoms with Crippen LogP contribution in [0.15, 0.2) is 36.4 Å². The van der Waals surface area contributed by atoms with Gasteiger partial charge in [0, 0.05) is 5.92 Å². The first-order valence-corrected chi connectivity index (χ1v) is 13.0. The maximum absolute atomic E-state index is 10.9. The summed E-state index contributed by atoms with van der Waals surface area (Å²) in [7, 11) is 0. The number of aromatic amines is 1. The van der Waals surface area contributed by atoms with Crippen molar-refractivity contribution in [2.45, 2.75) is 99.8 Å². The highest BCUT2D eigenvalue weighted by Gasteiger charge is 2.10. The lowest BCUT2D eigenvalue weighted by Gasteiger charge is -2.08. The minimum atomic E-state index is 0.247. The number of nitrogens with zero attached hydrogens (tertiary/aromatic N) is 1. The third-order valence-corrected chi connectivity index (χ3v) is 5.98. The van der Waals surface area contributed by atoms with Crippen LogP contribution in [0.25, 0.3) is 22.4 Å². The quantitative estimate of drug-likeness (QED) is 0.309. The van der Waals surface area contributed by atoms with Gasteiger partial charge in [0.1, 0.15) is 17.4 Å². The van der Waals surface area contributed by atoms with Crippen LogP contribution in [0.1, 0.15) is 97.1 Å². The lowest BCUT2D eigenvalue weighted by atomic mass is 9.96. The number of hydrogen-bond acceptors (Lipinski definition) is 3. The molecule has 3 aromatic rings. The molecule has 0 unspecified atom stereocenters. The first-order chi connectivity index (χ1) is 16.3. The molecule has 0 aliphatic rings. The Morgan fingerprint density at radius 3 is 2.06 bits per heavy atom. The number of phenols is 1. The largest absolute Gasteiger partial charge is 0.507 e. The van der Waals surface area contributed by atoms with Crippen molar-refractivity contribution in [2.75, 3.05) is 0 Å². The second kappa shape index (κ2) is 16.1. The molecule has 0 aliphatic heterocycles. The van der Waals surface area contributed by atoms with Crippen LogP contribution in [0, 0.1) is 19.8 Å². The maximum Gasteiger partial charge on any atom is 0.142 e. The van der Waals surface area contributed by atoms with Crippen LogP contribution < -0.4 is 0 Å². The normalized spacial score (nSPS) is 11.3. The molecule has 0 spiro atoms. The zero-order valence-electron chi connectivity index (χ0n) is 22.5. The Kier molecular flexibility index (Phi) is 13.9. The van der Waals surface area contributed by atoms with Crippen LogP contribution >= 0.6 is 0 Å². The number of hydrogen-bond donors (Lipinski definition) is 2. The van der Waals surface area contributed by atoms with Crippen LogP contribution in [0.5, 0.6) is 5.75 Å². The van der Waals surface area contributed by atoms with Crippen molar-refractivity contribution in [1.29, 1.82) is 0 Å². The van der Waals surface area contributed by atoms with E-state index < -0.39 is 0 Å². The number of rotatable bonds is 9. The lowest BCUT2D eigenvalue weighted by molar-refractivity contribution is -0.121. The number of ketones is 1. The number of fused-ring (bicyclic) bond motifs is 1. The molecule has 2 N–H and O–H groups in total. The van der Waals surface area contributed by atoms with Gasteiger partial charge in [-0.1, -0.05) is 83.9 Å². The molecule has 3 rings (SSSR count). The Bertz CT molecular complexity index is 987. The molecule has 0 bridgehead atoms. The van der Waals surface area contributed by atoms with Gasteiger partial charge in [-0.3, -0.25) is 4.79 Å². The Balaban J connectivity index is 0.000000307. The molecule has 0 saturated carbocycles. The summed E-state index contributed by atoms with van der Waals surface area (Å²) in [5.41, 5.74) is 4.93. The second-order valence-electron chi connectivity index (χ2n) is 9.19. The van der Waals surface area contributed by atoms with Gasteiger partial charge in [-0.25, -0.2) is 4.98 Å². The molecule has 34 heavy (non-hydrogen) atoms. The fraction of sp³-hybridized carbons (Fsp3) is 0.533. The van der Waals surface area contributed by atoms with Crippen molar-refractivity contribution < 1.29 is 9.90 Å². The van der Waals surface area contributed by atoms with Gasteiger partial charge >= 0.3 is 0 Å². The van der Waals surface area contributed by atoms with E-state index in [0.717, 1.165) is 35.0 Å². The smallest absolute Gasteiger partial charge is 0.142 e. The number of phenolic OH excluding ortho intramolecular Hbond substituents is 1. The van der Waals surface area contributed by atoms with Gasteiger partial charge in [0.15, 0.2) is 0 Å². The number of nitrogens with one attached hydrogen (secondary N) is 1. The third-order valence-electron chi connectivity index (χ3n) is 5.98. The summed E-state index contributed by atoms with van der Waals surface area (Å²) in [6.07, 6.45) is 10.0. The van der Waals surface area contributed by atoms with Crippen LogP contribution in [-0.4, -0.2) is 20.9 Å². The van der Waals surface area contributed by atoms with E-state index in [1.54, 1.807) is 13.0 Å². The third kappa shape index (κ3) is 10.1. The van der Waals surface area contributed by atoms with Crippen molar-refractivity contribution in [3.8, 4) is 17.1 Å². The summed E-state index contributed by atoms with van der Waals surface area (Å²) < 4.78 is 0. The van der Waals surface area contributed by atoms with E-state index in [0.29, 0.717) is 17.5 Å². The van der Waals surface area contributed by atoms with Crippen LogP contribution in [0.3, 0.4) is 0 Å². The van der Waals surface area contributed by atoms with E-state index in [-0.39, 0.29) is 5.75 Å². The highest BCUT2D eigenvalue weighted by molar-refractivity contribution is 5.81. The Labute approximate surface area is 207 Å². The number of aromatic hydroxyl groups is 1. The molecule has 0 amide bonds. The average molecular weight is 467 g/mol. The number of imidazole rings is 1. The first-order valence-electron chi connectivity index (χ1n) is 13.0. The molecule has 188 valence electrons. The number of Topliss-reactive ketones (excluding diaryl/α,β-unsaturated/α-hetero) is 1. The fourth-order valence-electron chi connectivity index (χ4n) is 3.74. The van der Waals surface area contributed by atoms with Crippen molar-refractivity contribution in [3.05, 3.63) is 47.5 Å². The highest BCUT2D eigenvalue weighted by Crippen LogP contribution is 2.29. The molecule has 0 radical (unpaired) electrons. The number of aryl methyl sites for hydroxylation is 2. The van der Waals surface area contributed by atoms with E-state index in [9.17, 15) is 9.90 Å². The molecule has 1 atom stereocenters. The molecule has 2 aromatic carbocycles.